The third kappa shape index (κ3) is 4.07. The topological polar surface area (TPSA) is 43.4 Å². The molecule has 0 bridgehead atoms. The zero-order valence-corrected chi connectivity index (χ0v) is 14.1. The quantitative estimate of drug-likeness (QED) is 0.664. The minimum absolute atomic E-state index is 0.133. The molecule has 0 heterocycles. The third-order valence-electron chi connectivity index (χ3n) is 3.43. The highest BCUT2D eigenvalue weighted by molar-refractivity contribution is 7.87. The van der Waals surface area contributed by atoms with Gasteiger partial charge >= 0.3 is 0 Å². The first-order chi connectivity index (χ1) is 7.60. The fourth-order valence-electron chi connectivity index (χ4n) is 2.80. The van der Waals surface area contributed by atoms with Crippen molar-refractivity contribution in [2.24, 2.45) is 0 Å². The number of hydrogen-bond acceptors (Lipinski definition) is 3. The van der Waals surface area contributed by atoms with Crippen LogP contribution in [-0.2, 0) is 14.0 Å². The molecule has 0 rings (SSSR count). The fourth-order valence-corrected chi connectivity index (χ4v) is 11.7. The molecule has 0 radical (unpaired) electrons. The van der Waals surface area contributed by atoms with Crippen LogP contribution in [0.3, 0.4) is 0 Å². The molecule has 0 aliphatic carbocycles. The van der Waals surface area contributed by atoms with Crippen molar-refractivity contribution in [2.75, 3.05) is 5.75 Å². The summed E-state index contributed by atoms with van der Waals surface area (Å²) in [4.78, 5) is 0. The van der Waals surface area contributed by atoms with Gasteiger partial charge in [0.1, 0.15) is 0 Å². The summed E-state index contributed by atoms with van der Waals surface area (Å²) < 4.78 is 29.7. The van der Waals surface area contributed by atoms with Crippen molar-refractivity contribution in [3.63, 3.8) is 0 Å². The van der Waals surface area contributed by atoms with Crippen molar-refractivity contribution < 1.29 is 12.3 Å². The largest absolute Gasteiger partial charge is 0.314 e. The van der Waals surface area contributed by atoms with Crippen molar-refractivity contribution in [3.05, 3.63) is 0 Å². The van der Waals surface area contributed by atoms with Gasteiger partial charge in [-0.2, -0.15) is 0 Å². The summed E-state index contributed by atoms with van der Waals surface area (Å²) in [6.45, 7) is 14.4. The maximum Gasteiger partial charge on any atom is 0.257 e. The van der Waals surface area contributed by atoms with Crippen LogP contribution in [-0.4, -0.2) is 22.5 Å². The van der Waals surface area contributed by atoms with Gasteiger partial charge in [0.05, 0.1) is 5.75 Å². The van der Waals surface area contributed by atoms with Crippen LogP contribution < -0.4 is 0 Å². The van der Waals surface area contributed by atoms with Crippen molar-refractivity contribution in [1.29, 1.82) is 0 Å². The molecule has 0 saturated heterocycles. The van der Waals surface area contributed by atoms with E-state index in [2.05, 4.69) is 41.5 Å². The highest BCUT2D eigenvalue weighted by Gasteiger charge is 2.48. The van der Waals surface area contributed by atoms with E-state index in [0.29, 0.717) is 23.0 Å². The molecule has 0 amide bonds. The van der Waals surface area contributed by atoms with Gasteiger partial charge in [-0.25, -0.2) is 8.42 Å². The van der Waals surface area contributed by atoms with Gasteiger partial charge < -0.3 is 3.87 Å². The van der Waals surface area contributed by atoms with Crippen LogP contribution in [0.4, 0.5) is 0 Å². The summed E-state index contributed by atoms with van der Waals surface area (Å²) in [6.07, 6.45) is 0.612. The Bertz CT molecular complexity index is 299. The van der Waals surface area contributed by atoms with Gasteiger partial charge in [-0.1, -0.05) is 48.5 Å². The van der Waals surface area contributed by atoms with E-state index in [-0.39, 0.29) is 5.75 Å². The van der Waals surface area contributed by atoms with Gasteiger partial charge in [0.2, 0.25) is 8.32 Å². The second-order valence-electron chi connectivity index (χ2n) is 5.66. The Morgan fingerprint density at radius 2 is 1.29 bits per heavy atom. The first-order valence-corrected chi connectivity index (χ1v) is 10.2. The molecule has 0 saturated carbocycles. The van der Waals surface area contributed by atoms with Crippen molar-refractivity contribution in [2.45, 2.75) is 71.5 Å². The van der Waals surface area contributed by atoms with Gasteiger partial charge in [0.25, 0.3) is 10.1 Å². The molecule has 3 nitrogen and oxygen atoms in total. The molecule has 0 spiro atoms. The predicted molar refractivity (Wildman–Crippen MR) is 76.2 cm³/mol. The normalized spacial score (nSPS) is 14.0. The molecule has 17 heavy (non-hydrogen) atoms. The van der Waals surface area contributed by atoms with Crippen LogP contribution in [0.25, 0.3) is 0 Å². The Balaban J connectivity index is 5.34. The highest BCUT2D eigenvalue weighted by atomic mass is 32.2. The molecule has 0 aromatic carbocycles. The van der Waals surface area contributed by atoms with Gasteiger partial charge in [-0.15, -0.1) is 0 Å². The lowest BCUT2D eigenvalue weighted by atomic mass is 10.5. The third-order valence-corrected chi connectivity index (χ3v) is 11.9. The molecule has 0 aromatic rings. The highest BCUT2D eigenvalue weighted by Crippen LogP contribution is 2.43. The second kappa shape index (κ2) is 6.34. The zero-order valence-electron chi connectivity index (χ0n) is 12.3. The van der Waals surface area contributed by atoms with E-state index in [9.17, 15) is 8.42 Å². The summed E-state index contributed by atoms with van der Waals surface area (Å²) in [6, 6.07) is 0. The Morgan fingerprint density at radius 1 is 0.941 bits per heavy atom. The predicted octanol–water partition coefficient (Wildman–Crippen LogP) is 3.92. The Labute approximate surface area is 108 Å². The molecule has 0 aliphatic rings. The number of hydrogen-bond donors (Lipinski definition) is 0. The second-order valence-corrected chi connectivity index (χ2v) is 13.0. The molecule has 0 unspecified atom stereocenters. The van der Waals surface area contributed by atoms with Gasteiger partial charge in [0, 0.05) is 0 Å². The molecule has 0 atom stereocenters. The van der Waals surface area contributed by atoms with E-state index in [1.807, 2.05) is 6.92 Å². The lowest BCUT2D eigenvalue weighted by Crippen LogP contribution is -2.49. The molecular weight excluding hydrogens is 252 g/mol. The first kappa shape index (κ1) is 17.1. The summed E-state index contributed by atoms with van der Waals surface area (Å²) in [5, 5.41) is 0. The van der Waals surface area contributed by atoms with E-state index >= 15 is 0 Å². The Hall–Kier alpha value is 0.127. The SMILES string of the molecule is CCCS(=O)(=O)O[Si](C(C)C)(C(C)C)C(C)C. The van der Waals surface area contributed by atoms with Crippen LogP contribution in [0.15, 0.2) is 0 Å². The average Bonchev–Trinajstić information content (AvgIpc) is 2.12. The Kier molecular flexibility index (Phi) is 6.39. The van der Waals surface area contributed by atoms with Crippen LogP contribution in [0.1, 0.15) is 54.9 Å². The molecule has 5 heteroatoms. The van der Waals surface area contributed by atoms with Crippen molar-refractivity contribution in [3.8, 4) is 0 Å². The van der Waals surface area contributed by atoms with Crippen LogP contribution in [0.2, 0.25) is 16.6 Å². The van der Waals surface area contributed by atoms with Crippen molar-refractivity contribution in [1.82, 2.24) is 0 Å². The molecule has 0 N–H and O–H groups in total. The zero-order chi connectivity index (χ0) is 13.9. The number of rotatable bonds is 7. The van der Waals surface area contributed by atoms with Crippen LogP contribution in [0.5, 0.6) is 0 Å². The summed E-state index contributed by atoms with van der Waals surface area (Å²) in [5.41, 5.74) is 0.900. The summed E-state index contributed by atoms with van der Waals surface area (Å²) >= 11 is 0. The van der Waals surface area contributed by atoms with Gasteiger partial charge in [0.15, 0.2) is 0 Å². The molecule has 104 valence electrons. The molecule has 0 aromatic heterocycles. The van der Waals surface area contributed by atoms with E-state index in [1.54, 1.807) is 0 Å². The van der Waals surface area contributed by atoms with E-state index in [4.69, 9.17) is 3.87 Å². The average molecular weight is 281 g/mol. The summed E-state index contributed by atoms with van der Waals surface area (Å²) in [7, 11) is -5.65. The minimum atomic E-state index is -3.36. The lowest BCUT2D eigenvalue weighted by Gasteiger charge is -2.40. The lowest BCUT2D eigenvalue weighted by molar-refractivity contribution is 0.447. The molecule has 0 fully saturated rings. The van der Waals surface area contributed by atoms with Gasteiger partial charge in [-0.3, -0.25) is 0 Å². The molecule has 0 aliphatic heterocycles. The fraction of sp³-hybridized carbons (Fsp3) is 1.00. The van der Waals surface area contributed by atoms with E-state index in [0.717, 1.165) is 0 Å². The monoisotopic (exact) mass is 280 g/mol. The summed E-state index contributed by atoms with van der Waals surface area (Å²) in [5.74, 6) is 0.133. The maximum atomic E-state index is 12.0. The van der Waals surface area contributed by atoms with Crippen molar-refractivity contribution >= 4 is 18.4 Å². The minimum Gasteiger partial charge on any atom is -0.314 e. The standard InChI is InChI=1S/C12H28O3SSi/c1-8-9-16(13,14)15-17(10(2)3,11(4)5)12(6)7/h10-12H,8-9H2,1-7H3. The van der Waals surface area contributed by atoms with E-state index < -0.39 is 18.4 Å². The van der Waals surface area contributed by atoms with Crippen LogP contribution in [0, 0.1) is 0 Å². The van der Waals surface area contributed by atoms with Gasteiger partial charge in [-0.05, 0) is 23.0 Å². The Morgan fingerprint density at radius 3 is 1.53 bits per heavy atom. The molecular formula is C12H28O3SSi. The maximum absolute atomic E-state index is 12.0. The van der Waals surface area contributed by atoms with E-state index in [1.165, 1.54) is 0 Å². The smallest absolute Gasteiger partial charge is 0.257 e. The van der Waals surface area contributed by atoms with Crippen LogP contribution >= 0.6 is 0 Å². The first-order valence-electron chi connectivity index (χ1n) is 6.53.